The summed E-state index contributed by atoms with van der Waals surface area (Å²) in [5, 5.41) is 9.14. The van der Waals surface area contributed by atoms with Crippen LogP contribution in [-0.4, -0.2) is 71.3 Å². The van der Waals surface area contributed by atoms with Crippen LogP contribution in [0.2, 0.25) is 0 Å². The monoisotopic (exact) mass is 623 g/mol. The molecular formula is C33H50BN5O6. The zero-order valence-corrected chi connectivity index (χ0v) is 27.6. The second kappa shape index (κ2) is 17.4. The molecular weight excluding hydrogens is 573 g/mol. The normalized spacial score (nSPS) is 18.8. The minimum Gasteiger partial charge on any atom is -0.450 e. The van der Waals surface area contributed by atoms with Crippen LogP contribution in [0.4, 0.5) is 0 Å². The summed E-state index contributed by atoms with van der Waals surface area (Å²) in [6.07, 6.45) is 10.1. The Balaban J connectivity index is 1.64. The van der Waals surface area contributed by atoms with Gasteiger partial charge in [-0.3, -0.25) is 24.7 Å². The zero-order chi connectivity index (χ0) is 32.9. The summed E-state index contributed by atoms with van der Waals surface area (Å²) in [6.45, 7) is 12.8. The number of rotatable bonds is 18. The first-order valence-electron chi connectivity index (χ1n) is 16.0. The molecule has 1 aromatic heterocycles. The quantitative estimate of drug-likeness (QED) is 0.0972. The summed E-state index contributed by atoms with van der Waals surface area (Å²) >= 11 is 0. The van der Waals surface area contributed by atoms with E-state index in [1.165, 1.54) is 25.5 Å². The fourth-order valence-corrected chi connectivity index (χ4v) is 5.39. The summed E-state index contributed by atoms with van der Waals surface area (Å²) in [7, 11) is -0.644. The fraction of sp³-hybridized carbons (Fsp3) is 0.606. The van der Waals surface area contributed by atoms with Gasteiger partial charge in [0.25, 0.3) is 5.91 Å². The summed E-state index contributed by atoms with van der Waals surface area (Å²) < 4.78 is 18.1. The molecule has 3 atom stereocenters. The predicted molar refractivity (Wildman–Crippen MR) is 173 cm³/mol. The highest BCUT2D eigenvalue weighted by Gasteiger charge is 2.56. The third-order valence-electron chi connectivity index (χ3n) is 8.28. The van der Waals surface area contributed by atoms with Crippen molar-refractivity contribution >= 4 is 24.9 Å². The predicted octanol–water partition coefficient (Wildman–Crippen LogP) is 4.02. The molecule has 1 fully saturated rings. The lowest BCUT2D eigenvalue weighted by atomic mass is 9.73. The van der Waals surface area contributed by atoms with Crippen LogP contribution in [0, 0.1) is 5.92 Å². The molecule has 0 aliphatic carbocycles. The highest BCUT2D eigenvalue weighted by atomic mass is 16.7. The van der Waals surface area contributed by atoms with E-state index >= 15 is 0 Å². The highest BCUT2D eigenvalue weighted by Crippen LogP contribution is 2.42. The lowest BCUT2D eigenvalue weighted by Crippen LogP contribution is -2.55. The lowest BCUT2D eigenvalue weighted by molar-refractivity contribution is -0.141. The van der Waals surface area contributed by atoms with Gasteiger partial charge in [0.2, 0.25) is 5.91 Å². The Bertz CT molecular complexity index is 1220. The van der Waals surface area contributed by atoms with Crippen molar-refractivity contribution in [1.82, 2.24) is 25.9 Å². The molecule has 1 aromatic carbocycles. The Morgan fingerprint density at radius 1 is 0.978 bits per heavy atom. The van der Waals surface area contributed by atoms with Gasteiger partial charge in [0.05, 0.1) is 23.3 Å². The third kappa shape index (κ3) is 11.5. The van der Waals surface area contributed by atoms with Crippen LogP contribution >= 0.6 is 0 Å². The standard InChI is InChI=1S/C33H50BN5O6/c1-24(2)20-29(34-44-32(4,5)33(6,45-34)16-12-7-8-13-17-36-23-43-25(3)40)39-30(41)27(21-26-14-10-9-11-15-26)38-31(42)28-22-35-18-19-37-28/h9-11,14-15,18-19,22,24,27,29,36H,7-8,12-13,16-17,20-21,23H2,1-6H3,(H,38,42)(H,39,41). The molecule has 2 amide bonds. The van der Waals surface area contributed by atoms with Crippen molar-refractivity contribution in [3.05, 3.63) is 60.2 Å². The number of aromatic nitrogens is 2. The number of amides is 2. The fourth-order valence-electron chi connectivity index (χ4n) is 5.39. The second-order valence-corrected chi connectivity index (χ2v) is 12.8. The molecule has 1 saturated heterocycles. The van der Waals surface area contributed by atoms with Crippen molar-refractivity contribution in [2.24, 2.45) is 5.92 Å². The Morgan fingerprint density at radius 3 is 2.38 bits per heavy atom. The maximum Gasteiger partial charge on any atom is 0.481 e. The average molecular weight is 624 g/mol. The van der Waals surface area contributed by atoms with E-state index in [2.05, 4.69) is 46.7 Å². The minimum atomic E-state index is -0.846. The van der Waals surface area contributed by atoms with E-state index in [1.54, 1.807) is 0 Å². The summed E-state index contributed by atoms with van der Waals surface area (Å²) in [5.74, 6) is -1.24. The van der Waals surface area contributed by atoms with Crippen molar-refractivity contribution in [3.63, 3.8) is 0 Å². The molecule has 12 heteroatoms. The van der Waals surface area contributed by atoms with Gasteiger partial charge in [-0.25, -0.2) is 4.98 Å². The van der Waals surface area contributed by atoms with Crippen LogP contribution in [-0.2, 0) is 30.1 Å². The van der Waals surface area contributed by atoms with Gasteiger partial charge in [-0.05, 0) is 58.1 Å². The topological polar surface area (TPSA) is 141 Å². The first-order valence-corrected chi connectivity index (χ1v) is 16.0. The maximum absolute atomic E-state index is 13.9. The van der Waals surface area contributed by atoms with E-state index in [-0.39, 0.29) is 30.2 Å². The number of unbranched alkanes of at least 4 members (excludes halogenated alkanes) is 3. The molecule has 11 nitrogen and oxygen atoms in total. The smallest absolute Gasteiger partial charge is 0.450 e. The molecule has 2 aromatic rings. The molecule has 246 valence electrons. The number of nitrogens with one attached hydrogen (secondary N) is 3. The van der Waals surface area contributed by atoms with Gasteiger partial charge in [0, 0.05) is 25.7 Å². The van der Waals surface area contributed by atoms with Crippen LogP contribution in [0.25, 0.3) is 0 Å². The summed E-state index contributed by atoms with van der Waals surface area (Å²) in [5.41, 5.74) is -0.0677. The first kappa shape index (κ1) is 36.1. The third-order valence-corrected chi connectivity index (χ3v) is 8.28. The van der Waals surface area contributed by atoms with Crippen molar-refractivity contribution in [2.45, 2.75) is 110 Å². The molecule has 1 aliphatic rings. The highest BCUT2D eigenvalue weighted by molar-refractivity contribution is 6.48. The molecule has 0 radical (unpaired) electrons. The van der Waals surface area contributed by atoms with Crippen LogP contribution in [0.1, 0.15) is 96.1 Å². The number of ether oxygens (including phenoxy) is 1. The van der Waals surface area contributed by atoms with Gasteiger partial charge >= 0.3 is 13.1 Å². The molecule has 0 spiro atoms. The second-order valence-electron chi connectivity index (χ2n) is 12.8. The van der Waals surface area contributed by atoms with Gasteiger partial charge in [0.15, 0.2) is 0 Å². The van der Waals surface area contributed by atoms with E-state index in [1.807, 2.05) is 44.2 Å². The van der Waals surface area contributed by atoms with Crippen molar-refractivity contribution in [3.8, 4) is 0 Å². The van der Waals surface area contributed by atoms with Crippen LogP contribution in [0.15, 0.2) is 48.9 Å². The molecule has 45 heavy (non-hydrogen) atoms. The molecule has 0 bridgehead atoms. The van der Waals surface area contributed by atoms with Gasteiger partial charge in [0.1, 0.15) is 18.5 Å². The van der Waals surface area contributed by atoms with Gasteiger partial charge < -0.3 is 24.7 Å². The number of hydrogen-bond donors (Lipinski definition) is 3. The lowest BCUT2D eigenvalue weighted by Gasteiger charge is -2.36. The number of carbonyl (C=O) groups excluding carboxylic acids is 3. The number of nitrogens with zero attached hydrogens (tertiary/aromatic N) is 2. The van der Waals surface area contributed by atoms with E-state index in [4.69, 9.17) is 14.0 Å². The SMILES string of the molecule is CC(=O)OCNCCCCCCC1(C)OB(C(CC(C)C)NC(=O)C(Cc2ccccc2)NC(=O)c2cnccn2)OC1(C)C. The minimum absolute atomic E-state index is 0.139. The Kier molecular flexibility index (Phi) is 14.0. The van der Waals surface area contributed by atoms with Crippen LogP contribution in [0.5, 0.6) is 0 Å². The van der Waals surface area contributed by atoms with E-state index in [9.17, 15) is 14.4 Å². The largest absolute Gasteiger partial charge is 0.481 e. The average Bonchev–Trinajstić information content (AvgIpc) is 3.24. The molecule has 3 N–H and O–H groups in total. The Morgan fingerprint density at radius 2 is 1.71 bits per heavy atom. The van der Waals surface area contributed by atoms with Crippen molar-refractivity contribution in [1.29, 1.82) is 0 Å². The first-order chi connectivity index (χ1) is 21.4. The Hall–Kier alpha value is -3.35. The van der Waals surface area contributed by atoms with Crippen molar-refractivity contribution in [2.75, 3.05) is 13.3 Å². The molecule has 0 saturated carbocycles. The maximum atomic E-state index is 13.9. The molecule has 3 unspecified atom stereocenters. The molecule has 1 aliphatic heterocycles. The molecule has 2 heterocycles. The Labute approximate surface area is 268 Å². The number of esters is 1. The zero-order valence-electron chi connectivity index (χ0n) is 27.6. The van der Waals surface area contributed by atoms with Gasteiger partial charge in [-0.2, -0.15) is 0 Å². The number of benzene rings is 1. The molecule has 3 rings (SSSR count). The van der Waals surface area contributed by atoms with E-state index in [0.29, 0.717) is 12.8 Å². The number of hydrogen-bond acceptors (Lipinski definition) is 9. The van der Waals surface area contributed by atoms with Crippen LogP contribution in [0.3, 0.4) is 0 Å². The van der Waals surface area contributed by atoms with Gasteiger partial charge in [-0.1, -0.05) is 63.4 Å². The summed E-state index contributed by atoms with van der Waals surface area (Å²) in [6, 6.07) is 8.73. The van der Waals surface area contributed by atoms with Crippen LogP contribution < -0.4 is 16.0 Å². The number of carbonyl (C=O) groups is 3. The van der Waals surface area contributed by atoms with Crippen molar-refractivity contribution < 1.29 is 28.4 Å². The summed E-state index contributed by atoms with van der Waals surface area (Å²) in [4.78, 5) is 45.8. The van der Waals surface area contributed by atoms with E-state index < -0.39 is 36.2 Å². The van der Waals surface area contributed by atoms with Gasteiger partial charge in [-0.15, -0.1) is 0 Å². The van der Waals surface area contributed by atoms with E-state index in [0.717, 1.165) is 44.2 Å².